The number of aromatic nitrogens is 1. The van der Waals surface area contributed by atoms with Crippen molar-refractivity contribution in [3.05, 3.63) is 75.0 Å². The number of amides is 1. The molecule has 1 aliphatic rings. The van der Waals surface area contributed by atoms with Gasteiger partial charge in [-0.2, -0.15) is 0 Å². The van der Waals surface area contributed by atoms with Gasteiger partial charge in [-0.1, -0.05) is 12.1 Å². The van der Waals surface area contributed by atoms with Crippen LogP contribution < -0.4 is 11.3 Å². The molecule has 30 heavy (non-hydrogen) atoms. The molecule has 0 unspecified atom stereocenters. The van der Waals surface area contributed by atoms with E-state index in [1.165, 1.54) is 4.40 Å². The molecule has 4 rings (SSSR count). The highest BCUT2D eigenvalue weighted by molar-refractivity contribution is 5.94. The molecule has 1 fully saturated rings. The number of hydrogen-bond acceptors (Lipinski definition) is 4. The Morgan fingerprint density at radius 1 is 1.23 bits per heavy atom. The van der Waals surface area contributed by atoms with Crippen molar-refractivity contribution in [3.63, 3.8) is 0 Å². The predicted molar refractivity (Wildman–Crippen MR) is 110 cm³/mol. The highest BCUT2D eigenvalue weighted by Gasteiger charge is 2.30. The Morgan fingerprint density at radius 2 is 1.90 bits per heavy atom. The van der Waals surface area contributed by atoms with E-state index in [-0.39, 0.29) is 18.1 Å². The fourth-order valence-electron chi connectivity index (χ4n) is 3.87. The summed E-state index contributed by atoms with van der Waals surface area (Å²) in [5.41, 5.74) is 7.86. The van der Waals surface area contributed by atoms with E-state index in [9.17, 15) is 14.4 Å². The van der Waals surface area contributed by atoms with Gasteiger partial charge in [0, 0.05) is 17.3 Å². The van der Waals surface area contributed by atoms with E-state index in [1.54, 1.807) is 44.2 Å². The Labute approximate surface area is 172 Å². The summed E-state index contributed by atoms with van der Waals surface area (Å²) in [6.45, 7) is 3.57. The van der Waals surface area contributed by atoms with Crippen molar-refractivity contribution >= 4 is 17.4 Å². The Bertz CT molecular complexity index is 1240. The zero-order valence-electron chi connectivity index (χ0n) is 16.7. The Kier molecular flexibility index (Phi) is 4.89. The summed E-state index contributed by atoms with van der Waals surface area (Å²) in [6.07, 6.45) is 3.00. The summed E-state index contributed by atoms with van der Waals surface area (Å²) < 4.78 is 21.4. The van der Waals surface area contributed by atoms with Gasteiger partial charge in [0.15, 0.2) is 0 Å². The van der Waals surface area contributed by atoms with Gasteiger partial charge in [-0.05, 0) is 67.5 Å². The predicted octanol–water partition coefficient (Wildman–Crippen LogP) is 3.57. The van der Waals surface area contributed by atoms with Crippen molar-refractivity contribution in [2.24, 2.45) is 5.73 Å². The molecule has 3 aromatic rings. The van der Waals surface area contributed by atoms with Gasteiger partial charge in [0.1, 0.15) is 11.4 Å². The third-order valence-corrected chi connectivity index (χ3v) is 5.45. The molecule has 0 aliphatic heterocycles. The Hall–Kier alpha value is -3.48. The molecule has 2 N–H and O–H groups in total. The van der Waals surface area contributed by atoms with E-state index in [2.05, 4.69) is 0 Å². The third kappa shape index (κ3) is 3.26. The monoisotopic (exact) mass is 408 g/mol. The second kappa shape index (κ2) is 7.40. The number of benzene rings is 1. The van der Waals surface area contributed by atoms with E-state index in [0.29, 0.717) is 27.8 Å². The van der Waals surface area contributed by atoms with Gasteiger partial charge in [-0.15, -0.1) is 0 Å². The van der Waals surface area contributed by atoms with Crippen LogP contribution >= 0.6 is 0 Å². The maximum absolute atomic E-state index is 15.2. The van der Waals surface area contributed by atoms with Crippen LogP contribution in [0.2, 0.25) is 0 Å². The number of hydrogen-bond donors (Lipinski definition) is 1. The number of aryl methyl sites for hydroxylation is 1. The molecule has 154 valence electrons. The fourth-order valence-corrected chi connectivity index (χ4v) is 3.87. The summed E-state index contributed by atoms with van der Waals surface area (Å²) in [5.74, 6) is -1.66. The lowest BCUT2D eigenvalue weighted by Gasteiger charge is -2.17. The van der Waals surface area contributed by atoms with Crippen LogP contribution in [0.1, 0.15) is 57.5 Å². The largest absolute Gasteiger partial charge is 0.462 e. The first-order valence-corrected chi connectivity index (χ1v) is 9.79. The third-order valence-electron chi connectivity index (χ3n) is 5.45. The van der Waals surface area contributed by atoms with Crippen molar-refractivity contribution in [2.75, 3.05) is 6.61 Å². The van der Waals surface area contributed by atoms with Crippen LogP contribution in [-0.4, -0.2) is 22.9 Å². The summed E-state index contributed by atoms with van der Waals surface area (Å²) in [4.78, 5) is 36.6. The van der Waals surface area contributed by atoms with Crippen LogP contribution in [-0.2, 0) is 4.74 Å². The Balaban J connectivity index is 1.99. The summed E-state index contributed by atoms with van der Waals surface area (Å²) in [6, 6.07) is 7.93. The zero-order valence-corrected chi connectivity index (χ0v) is 16.7. The molecule has 0 spiro atoms. The number of rotatable bonds is 5. The molecule has 0 saturated heterocycles. The summed E-state index contributed by atoms with van der Waals surface area (Å²) in [7, 11) is 0. The lowest BCUT2D eigenvalue weighted by molar-refractivity contribution is 0.0523. The highest BCUT2D eigenvalue weighted by atomic mass is 19.1. The van der Waals surface area contributed by atoms with Crippen molar-refractivity contribution in [2.45, 2.75) is 32.6 Å². The quantitative estimate of drug-likeness (QED) is 0.654. The minimum atomic E-state index is -0.706. The number of carbonyl (C=O) groups excluding carboxylic acids is 2. The van der Waals surface area contributed by atoms with Crippen LogP contribution in [0.25, 0.3) is 16.6 Å². The van der Waals surface area contributed by atoms with Crippen LogP contribution in [0.15, 0.2) is 41.3 Å². The van der Waals surface area contributed by atoms with Crippen molar-refractivity contribution in [1.82, 2.24) is 4.40 Å². The fraction of sp³-hybridized carbons (Fsp3) is 0.261. The molecule has 7 heteroatoms. The van der Waals surface area contributed by atoms with Gasteiger partial charge in [0.2, 0.25) is 5.91 Å². The number of carbonyl (C=O) groups is 2. The van der Waals surface area contributed by atoms with Crippen LogP contribution in [0.3, 0.4) is 0 Å². The molecule has 2 heterocycles. The topological polar surface area (TPSA) is 90.9 Å². The highest BCUT2D eigenvalue weighted by Crippen LogP contribution is 2.44. The molecule has 0 atom stereocenters. The molecule has 1 amide bonds. The number of pyridine rings is 2. The average molecular weight is 408 g/mol. The normalized spacial score (nSPS) is 13.4. The molecule has 1 saturated carbocycles. The average Bonchev–Trinajstić information content (AvgIpc) is 3.54. The standard InChI is InChI=1S/C23H21FN2O4/c1-3-30-23(29)17-10-16(13-4-5-13)20-12(2)19(18(24)11-26(20)22(17)28)14-6-8-15(9-7-14)21(25)27/h6-11,13H,3-5H2,1-2H3,(H2,25,27). The first-order valence-electron chi connectivity index (χ1n) is 9.79. The van der Waals surface area contributed by atoms with Gasteiger partial charge < -0.3 is 10.5 Å². The second-order valence-electron chi connectivity index (χ2n) is 7.45. The van der Waals surface area contributed by atoms with Crippen molar-refractivity contribution < 1.29 is 18.7 Å². The minimum Gasteiger partial charge on any atom is -0.462 e. The number of nitrogens with two attached hydrogens (primary N) is 1. The molecule has 1 aliphatic carbocycles. The minimum absolute atomic E-state index is 0.0892. The van der Waals surface area contributed by atoms with Crippen LogP contribution in [0, 0.1) is 12.7 Å². The van der Waals surface area contributed by atoms with Gasteiger partial charge in [-0.3, -0.25) is 14.0 Å². The first-order chi connectivity index (χ1) is 14.3. The molecule has 2 aromatic heterocycles. The van der Waals surface area contributed by atoms with E-state index in [0.717, 1.165) is 24.6 Å². The zero-order chi connectivity index (χ0) is 21.6. The van der Waals surface area contributed by atoms with Crippen LogP contribution in [0.5, 0.6) is 0 Å². The number of primary amides is 1. The van der Waals surface area contributed by atoms with Gasteiger partial charge in [0.05, 0.1) is 12.1 Å². The summed E-state index contributed by atoms with van der Waals surface area (Å²) in [5, 5.41) is 0. The van der Waals surface area contributed by atoms with E-state index in [1.807, 2.05) is 0 Å². The maximum atomic E-state index is 15.2. The smallest absolute Gasteiger partial charge is 0.343 e. The number of fused-ring (bicyclic) bond motifs is 1. The molecular weight excluding hydrogens is 387 g/mol. The molecule has 0 radical (unpaired) electrons. The van der Waals surface area contributed by atoms with Crippen LogP contribution in [0.4, 0.5) is 4.39 Å². The van der Waals surface area contributed by atoms with E-state index < -0.39 is 23.3 Å². The van der Waals surface area contributed by atoms with Crippen molar-refractivity contribution in [3.8, 4) is 11.1 Å². The second-order valence-corrected chi connectivity index (χ2v) is 7.45. The van der Waals surface area contributed by atoms with Gasteiger partial charge >= 0.3 is 5.97 Å². The maximum Gasteiger partial charge on any atom is 0.343 e. The molecular formula is C23H21FN2O4. The number of halogens is 1. The SMILES string of the molecule is CCOC(=O)c1cc(C2CC2)c2c(C)c(-c3ccc(C(N)=O)cc3)c(F)cn2c1=O. The summed E-state index contributed by atoms with van der Waals surface area (Å²) >= 11 is 0. The molecule has 1 aromatic carbocycles. The van der Waals surface area contributed by atoms with Crippen molar-refractivity contribution in [1.29, 1.82) is 0 Å². The number of esters is 1. The van der Waals surface area contributed by atoms with Gasteiger partial charge in [0.25, 0.3) is 5.56 Å². The van der Waals surface area contributed by atoms with E-state index >= 15 is 4.39 Å². The molecule has 0 bridgehead atoms. The van der Waals surface area contributed by atoms with Gasteiger partial charge in [-0.25, -0.2) is 9.18 Å². The van der Waals surface area contributed by atoms with E-state index in [4.69, 9.17) is 10.5 Å². The lowest BCUT2D eigenvalue weighted by atomic mass is 9.95. The number of ether oxygens (including phenoxy) is 1. The first kappa shape index (κ1) is 19.8. The lowest BCUT2D eigenvalue weighted by Crippen LogP contribution is -2.25. The molecule has 6 nitrogen and oxygen atoms in total. The number of nitrogens with zero attached hydrogens (tertiary/aromatic N) is 1. The Morgan fingerprint density at radius 3 is 2.47 bits per heavy atom.